The van der Waals surface area contributed by atoms with Crippen LogP contribution in [0.2, 0.25) is 0 Å². The van der Waals surface area contributed by atoms with E-state index in [1.807, 2.05) is 36.1 Å². The average molecular weight is 289 g/mol. The molecule has 1 N–H and O–H groups in total. The lowest BCUT2D eigenvalue weighted by Crippen LogP contribution is -2.21. The van der Waals surface area contributed by atoms with E-state index in [0.717, 1.165) is 23.6 Å². The number of rotatable bonds is 6. The maximum absolute atomic E-state index is 5.37. The number of aryl methyl sites for hydroxylation is 1. The highest BCUT2D eigenvalue weighted by molar-refractivity contribution is 5.66. The molecule has 21 heavy (non-hydrogen) atoms. The van der Waals surface area contributed by atoms with Crippen LogP contribution in [0.5, 0.6) is 11.5 Å². The van der Waals surface area contributed by atoms with Crippen molar-refractivity contribution in [3.05, 3.63) is 30.0 Å². The molecule has 2 rings (SSSR count). The van der Waals surface area contributed by atoms with Crippen LogP contribution >= 0.6 is 0 Å². The molecule has 0 aliphatic heterocycles. The molecule has 5 nitrogen and oxygen atoms in total. The Labute approximate surface area is 125 Å². The van der Waals surface area contributed by atoms with Gasteiger partial charge in [-0.3, -0.25) is 4.68 Å². The van der Waals surface area contributed by atoms with Gasteiger partial charge in [0.05, 0.1) is 19.9 Å². The quantitative estimate of drug-likeness (QED) is 0.888. The number of methoxy groups -OCH3 is 2. The van der Waals surface area contributed by atoms with Crippen LogP contribution in [-0.4, -0.2) is 30.0 Å². The highest BCUT2D eigenvalue weighted by Gasteiger charge is 2.13. The Morgan fingerprint density at radius 1 is 1.19 bits per heavy atom. The molecule has 1 heterocycles. The van der Waals surface area contributed by atoms with Gasteiger partial charge >= 0.3 is 0 Å². The molecule has 0 fully saturated rings. The summed E-state index contributed by atoms with van der Waals surface area (Å²) in [4.78, 5) is 0. The normalized spacial score (nSPS) is 11.0. The number of aromatic nitrogens is 2. The molecular formula is C16H23N3O2. The molecule has 0 aliphatic rings. The summed E-state index contributed by atoms with van der Waals surface area (Å²) in [6, 6.07) is 6.30. The fourth-order valence-electron chi connectivity index (χ4n) is 2.21. The third-order valence-corrected chi connectivity index (χ3v) is 3.26. The van der Waals surface area contributed by atoms with Crippen LogP contribution in [0.1, 0.15) is 19.4 Å². The molecule has 1 aromatic carbocycles. The third kappa shape index (κ3) is 3.55. The minimum atomic E-state index is 0.434. The highest BCUT2D eigenvalue weighted by atomic mass is 16.5. The van der Waals surface area contributed by atoms with Gasteiger partial charge < -0.3 is 14.8 Å². The smallest absolute Gasteiger partial charge is 0.161 e. The minimum Gasteiger partial charge on any atom is -0.493 e. The van der Waals surface area contributed by atoms with Crippen molar-refractivity contribution in [2.45, 2.75) is 26.4 Å². The van der Waals surface area contributed by atoms with E-state index in [4.69, 9.17) is 9.47 Å². The summed E-state index contributed by atoms with van der Waals surface area (Å²) in [5.41, 5.74) is 3.15. The first kappa shape index (κ1) is 15.4. The molecule has 0 unspecified atom stereocenters. The van der Waals surface area contributed by atoms with E-state index in [2.05, 4.69) is 24.3 Å². The van der Waals surface area contributed by atoms with Crippen LogP contribution in [0.15, 0.2) is 24.4 Å². The Morgan fingerprint density at radius 2 is 1.90 bits per heavy atom. The van der Waals surface area contributed by atoms with Crippen molar-refractivity contribution in [2.24, 2.45) is 7.05 Å². The van der Waals surface area contributed by atoms with Crippen LogP contribution in [0.3, 0.4) is 0 Å². The first-order valence-electron chi connectivity index (χ1n) is 7.03. The largest absolute Gasteiger partial charge is 0.493 e. The molecule has 5 heteroatoms. The molecule has 0 spiro atoms. The lowest BCUT2D eigenvalue weighted by molar-refractivity contribution is 0.355. The van der Waals surface area contributed by atoms with Crippen molar-refractivity contribution in [1.29, 1.82) is 0 Å². The number of nitrogens with zero attached hydrogens (tertiary/aromatic N) is 2. The Hall–Kier alpha value is -2.01. The zero-order valence-electron chi connectivity index (χ0n) is 13.3. The van der Waals surface area contributed by atoms with E-state index in [1.54, 1.807) is 14.2 Å². The zero-order valence-corrected chi connectivity index (χ0v) is 13.3. The fraction of sp³-hybridized carbons (Fsp3) is 0.438. The topological polar surface area (TPSA) is 48.3 Å². The first-order chi connectivity index (χ1) is 10.0. The van der Waals surface area contributed by atoms with Gasteiger partial charge in [0.1, 0.15) is 0 Å². The molecule has 2 aromatic rings. The molecular weight excluding hydrogens is 266 g/mol. The predicted octanol–water partition coefficient (Wildman–Crippen LogP) is 2.60. The fourth-order valence-corrected chi connectivity index (χ4v) is 2.21. The Morgan fingerprint density at radius 3 is 2.52 bits per heavy atom. The van der Waals surface area contributed by atoms with Crippen molar-refractivity contribution >= 4 is 0 Å². The van der Waals surface area contributed by atoms with Gasteiger partial charge in [0, 0.05) is 37.0 Å². The summed E-state index contributed by atoms with van der Waals surface area (Å²) in [6.45, 7) is 5.05. The van der Waals surface area contributed by atoms with E-state index in [0.29, 0.717) is 11.8 Å². The molecule has 114 valence electrons. The van der Waals surface area contributed by atoms with Gasteiger partial charge in [-0.2, -0.15) is 5.10 Å². The predicted molar refractivity (Wildman–Crippen MR) is 83.7 cm³/mol. The Bertz CT molecular complexity index is 606. The van der Waals surface area contributed by atoms with Gasteiger partial charge in [0.2, 0.25) is 0 Å². The van der Waals surface area contributed by atoms with E-state index in [9.17, 15) is 0 Å². The van der Waals surface area contributed by atoms with Gasteiger partial charge in [-0.25, -0.2) is 0 Å². The maximum atomic E-state index is 5.37. The van der Waals surface area contributed by atoms with Crippen molar-refractivity contribution < 1.29 is 9.47 Å². The Balaban J connectivity index is 2.37. The maximum Gasteiger partial charge on any atom is 0.161 e. The second-order valence-corrected chi connectivity index (χ2v) is 5.28. The molecule has 0 saturated heterocycles. The summed E-state index contributed by atoms with van der Waals surface area (Å²) in [5.74, 6) is 1.43. The molecule has 0 aliphatic carbocycles. The van der Waals surface area contributed by atoms with Crippen LogP contribution in [0.4, 0.5) is 0 Å². The second kappa shape index (κ2) is 6.63. The third-order valence-electron chi connectivity index (χ3n) is 3.26. The Kier molecular flexibility index (Phi) is 4.85. The second-order valence-electron chi connectivity index (χ2n) is 5.28. The van der Waals surface area contributed by atoms with Crippen molar-refractivity contribution in [3.63, 3.8) is 0 Å². The SMILES string of the molecule is COc1ccc(-c2nn(C)cc2CNC(C)C)cc1OC. The monoisotopic (exact) mass is 289 g/mol. The van der Waals surface area contributed by atoms with E-state index in [1.165, 1.54) is 5.56 Å². The summed E-state index contributed by atoms with van der Waals surface area (Å²) in [5, 5.41) is 8.00. The van der Waals surface area contributed by atoms with Gasteiger partial charge in [0.25, 0.3) is 0 Å². The molecule has 0 atom stereocenters. The number of benzene rings is 1. The summed E-state index contributed by atoms with van der Waals surface area (Å²) in [6.07, 6.45) is 2.04. The first-order valence-corrected chi connectivity index (χ1v) is 7.03. The minimum absolute atomic E-state index is 0.434. The van der Waals surface area contributed by atoms with Crippen LogP contribution < -0.4 is 14.8 Å². The van der Waals surface area contributed by atoms with E-state index >= 15 is 0 Å². The van der Waals surface area contributed by atoms with E-state index < -0.39 is 0 Å². The molecule has 0 saturated carbocycles. The lowest BCUT2D eigenvalue weighted by Gasteiger charge is -2.10. The number of hydrogen-bond donors (Lipinski definition) is 1. The molecule has 0 radical (unpaired) electrons. The highest BCUT2D eigenvalue weighted by Crippen LogP contribution is 2.32. The molecule has 0 bridgehead atoms. The molecule has 1 aromatic heterocycles. The van der Waals surface area contributed by atoms with Gasteiger partial charge in [-0.1, -0.05) is 13.8 Å². The van der Waals surface area contributed by atoms with Crippen molar-refractivity contribution in [2.75, 3.05) is 14.2 Å². The molecule has 0 amide bonds. The standard InChI is InChI=1S/C16H23N3O2/c1-11(2)17-9-13-10-19(3)18-16(13)12-6-7-14(20-4)15(8-12)21-5/h6-8,10-11,17H,9H2,1-5H3. The summed E-state index contributed by atoms with van der Waals surface area (Å²) >= 11 is 0. The summed E-state index contributed by atoms with van der Waals surface area (Å²) < 4.78 is 12.5. The van der Waals surface area contributed by atoms with Crippen molar-refractivity contribution in [1.82, 2.24) is 15.1 Å². The lowest BCUT2D eigenvalue weighted by atomic mass is 10.1. The number of nitrogens with one attached hydrogen (secondary N) is 1. The number of hydrogen-bond acceptors (Lipinski definition) is 4. The van der Waals surface area contributed by atoms with E-state index in [-0.39, 0.29) is 0 Å². The zero-order chi connectivity index (χ0) is 15.4. The van der Waals surface area contributed by atoms with Gasteiger partial charge in [-0.05, 0) is 18.2 Å². The number of ether oxygens (including phenoxy) is 2. The van der Waals surface area contributed by atoms with Crippen LogP contribution in [0, 0.1) is 0 Å². The summed E-state index contributed by atoms with van der Waals surface area (Å²) in [7, 11) is 5.21. The van der Waals surface area contributed by atoms with Crippen molar-refractivity contribution in [3.8, 4) is 22.8 Å². The van der Waals surface area contributed by atoms with Gasteiger partial charge in [-0.15, -0.1) is 0 Å². The van der Waals surface area contributed by atoms with Gasteiger partial charge in [0.15, 0.2) is 11.5 Å². The van der Waals surface area contributed by atoms with Crippen LogP contribution in [0.25, 0.3) is 11.3 Å². The van der Waals surface area contributed by atoms with Crippen LogP contribution in [-0.2, 0) is 13.6 Å². The average Bonchev–Trinajstić information content (AvgIpc) is 2.85.